The van der Waals surface area contributed by atoms with Crippen molar-refractivity contribution in [2.24, 2.45) is 11.7 Å². The van der Waals surface area contributed by atoms with E-state index in [0.717, 1.165) is 42.5 Å². The number of halogens is 1. The van der Waals surface area contributed by atoms with Crippen LogP contribution in [-0.2, 0) is 12.8 Å². The van der Waals surface area contributed by atoms with Crippen molar-refractivity contribution in [2.75, 3.05) is 5.32 Å². The van der Waals surface area contributed by atoms with Gasteiger partial charge in [0.2, 0.25) is 0 Å². The van der Waals surface area contributed by atoms with Crippen molar-refractivity contribution < 1.29 is 14.0 Å². The van der Waals surface area contributed by atoms with Crippen LogP contribution in [-0.4, -0.2) is 11.8 Å². The summed E-state index contributed by atoms with van der Waals surface area (Å²) in [5, 5.41) is 3.23. The Kier molecular flexibility index (Phi) is 5.18. The molecule has 1 aliphatic carbocycles. The second-order valence-corrected chi connectivity index (χ2v) is 7.54. The summed E-state index contributed by atoms with van der Waals surface area (Å²) in [6, 6.07) is 5.47. The number of primary amides is 1. The molecule has 0 spiro atoms. The van der Waals surface area contributed by atoms with Crippen molar-refractivity contribution in [3.05, 3.63) is 51.7 Å². The minimum Gasteiger partial charge on any atom is -0.365 e. The lowest BCUT2D eigenvalue weighted by atomic mass is 9.84. The average molecular weight is 360 g/mol. The van der Waals surface area contributed by atoms with Gasteiger partial charge in [-0.1, -0.05) is 25.8 Å². The first kappa shape index (κ1) is 17.6. The molecule has 0 bridgehead atoms. The fraction of sp³-hybridized carbons (Fsp3) is 0.368. The predicted octanol–water partition coefficient (Wildman–Crippen LogP) is 4.14. The van der Waals surface area contributed by atoms with E-state index in [2.05, 4.69) is 12.2 Å². The molecule has 1 atom stereocenters. The van der Waals surface area contributed by atoms with E-state index in [1.165, 1.54) is 35.6 Å². The van der Waals surface area contributed by atoms with E-state index in [9.17, 15) is 14.0 Å². The number of hydrogen-bond acceptors (Lipinski definition) is 3. The van der Waals surface area contributed by atoms with Gasteiger partial charge in [0.05, 0.1) is 5.56 Å². The number of carbonyl (C=O) groups is 2. The van der Waals surface area contributed by atoms with E-state index in [1.54, 1.807) is 0 Å². The lowest BCUT2D eigenvalue weighted by Crippen LogP contribution is -2.20. The van der Waals surface area contributed by atoms with E-state index < -0.39 is 17.6 Å². The van der Waals surface area contributed by atoms with Crippen LogP contribution in [0.3, 0.4) is 0 Å². The summed E-state index contributed by atoms with van der Waals surface area (Å²) in [6.07, 6.45) is 5.06. The highest BCUT2D eigenvalue weighted by molar-refractivity contribution is 7.17. The third-order valence-corrected chi connectivity index (χ3v) is 5.79. The maximum atomic E-state index is 13.3. The van der Waals surface area contributed by atoms with E-state index in [1.807, 2.05) is 0 Å². The summed E-state index contributed by atoms with van der Waals surface area (Å²) in [4.78, 5) is 25.5. The highest BCUT2D eigenvalue weighted by Crippen LogP contribution is 2.40. The zero-order chi connectivity index (χ0) is 18.0. The summed E-state index contributed by atoms with van der Waals surface area (Å²) in [5.41, 5.74) is 7.17. The van der Waals surface area contributed by atoms with Crippen LogP contribution in [0.2, 0.25) is 0 Å². The van der Waals surface area contributed by atoms with Crippen LogP contribution in [0.25, 0.3) is 0 Å². The molecule has 2 amide bonds. The Morgan fingerprint density at radius 2 is 2.20 bits per heavy atom. The highest BCUT2D eigenvalue weighted by atomic mass is 32.1. The first-order chi connectivity index (χ1) is 12.0. The van der Waals surface area contributed by atoms with Crippen molar-refractivity contribution in [1.82, 2.24) is 0 Å². The summed E-state index contributed by atoms with van der Waals surface area (Å²) in [7, 11) is 0. The van der Waals surface area contributed by atoms with E-state index in [0.29, 0.717) is 16.5 Å². The van der Waals surface area contributed by atoms with Gasteiger partial charge in [0.15, 0.2) is 0 Å². The average Bonchev–Trinajstić information content (AvgIpc) is 2.92. The molecule has 1 aromatic heterocycles. The molecule has 1 aliphatic rings. The summed E-state index contributed by atoms with van der Waals surface area (Å²) >= 11 is 1.42. The van der Waals surface area contributed by atoms with Crippen LogP contribution < -0.4 is 11.1 Å². The molecule has 6 heteroatoms. The number of nitrogens with one attached hydrogen (secondary N) is 1. The summed E-state index contributed by atoms with van der Waals surface area (Å²) in [5.74, 6) is -0.828. The Morgan fingerprint density at radius 1 is 1.40 bits per heavy atom. The number of benzene rings is 1. The van der Waals surface area contributed by atoms with Gasteiger partial charge in [-0.05, 0) is 48.9 Å². The van der Waals surface area contributed by atoms with Gasteiger partial charge in [-0.3, -0.25) is 9.59 Å². The molecule has 0 aliphatic heterocycles. The number of hydrogen-bond donors (Lipinski definition) is 2. The van der Waals surface area contributed by atoms with E-state index >= 15 is 0 Å². The molecular weight excluding hydrogens is 339 g/mol. The standard InChI is InChI=1S/C19H21FN2O2S/c1-2-4-11-7-8-14-15(9-11)25-19(16(14)17(21)23)22-18(24)12-5-3-6-13(20)10-12/h3,5-6,10-11H,2,4,7-9H2,1H3,(H2,21,23)(H,22,24)/t11-/m1/s1. The molecule has 132 valence electrons. The van der Waals surface area contributed by atoms with Crippen molar-refractivity contribution in [2.45, 2.75) is 39.0 Å². The van der Waals surface area contributed by atoms with Gasteiger partial charge < -0.3 is 11.1 Å². The first-order valence-corrected chi connectivity index (χ1v) is 9.32. The van der Waals surface area contributed by atoms with Crippen molar-refractivity contribution in [3.63, 3.8) is 0 Å². The SMILES string of the molecule is CCC[C@@H]1CCc2c(sc(NC(=O)c3cccc(F)c3)c2C(N)=O)C1. The second-order valence-electron chi connectivity index (χ2n) is 6.43. The molecule has 1 heterocycles. The van der Waals surface area contributed by atoms with Gasteiger partial charge in [0, 0.05) is 10.4 Å². The number of nitrogens with two attached hydrogens (primary N) is 1. The number of thiophene rings is 1. The molecular formula is C19H21FN2O2S. The minimum absolute atomic E-state index is 0.214. The molecule has 4 nitrogen and oxygen atoms in total. The van der Waals surface area contributed by atoms with E-state index in [-0.39, 0.29) is 5.56 Å². The molecule has 1 aromatic carbocycles. The number of fused-ring (bicyclic) bond motifs is 1. The molecule has 0 saturated heterocycles. The van der Waals surface area contributed by atoms with Crippen molar-refractivity contribution >= 4 is 28.2 Å². The number of amides is 2. The van der Waals surface area contributed by atoms with Crippen LogP contribution >= 0.6 is 11.3 Å². The quantitative estimate of drug-likeness (QED) is 0.841. The zero-order valence-corrected chi connectivity index (χ0v) is 14.9. The molecule has 3 N–H and O–H groups in total. The maximum Gasteiger partial charge on any atom is 0.256 e. The van der Waals surface area contributed by atoms with Gasteiger partial charge in [-0.2, -0.15) is 0 Å². The lowest BCUT2D eigenvalue weighted by Gasteiger charge is -2.21. The zero-order valence-electron chi connectivity index (χ0n) is 14.1. The normalized spacial score (nSPS) is 16.3. The fourth-order valence-electron chi connectivity index (χ4n) is 3.46. The molecule has 2 aromatic rings. The third kappa shape index (κ3) is 3.74. The van der Waals surface area contributed by atoms with E-state index in [4.69, 9.17) is 5.73 Å². The van der Waals surface area contributed by atoms with Crippen molar-refractivity contribution in [3.8, 4) is 0 Å². The molecule has 0 unspecified atom stereocenters. The Balaban J connectivity index is 1.89. The Hall–Kier alpha value is -2.21. The van der Waals surface area contributed by atoms with Gasteiger partial charge in [0.1, 0.15) is 10.8 Å². The summed E-state index contributed by atoms with van der Waals surface area (Å²) < 4.78 is 13.3. The maximum absolute atomic E-state index is 13.3. The van der Waals surface area contributed by atoms with Gasteiger partial charge in [-0.15, -0.1) is 11.3 Å². The van der Waals surface area contributed by atoms with Crippen LogP contribution in [0.1, 0.15) is 57.3 Å². The first-order valence-electron chi connectivity index (χ1n) is 8.50. The fourth-order valence-corrected chi connectivity index (χ4v) is 4.82. The third-order valence-electron chi connectivity index (χ3n) is 4.62. The molecule has 3 rings (SSSR count). The van der Waals surface area contributed by atoms with Gasteiger partial charge in [0.25, 0.3) is 11.8 Å². The Labute approximate surface area is 150 Å². The number of rotatable bonds is 5. The molecule has 0 fully saturated rings. The smallest absolute Gasteiger partial charge is 0.256 e. The van der Waals surface area contributed by atoms with Crippen LogP contribution in [0.4, 0.5) is 9.39 Å². The topological polar surface area (TPSA) is 72.2 Å². The van der Waals surface area contributed by atoms with Crippen molar-refractivity contribution in [1.29, 1.82) is 0 Å². The molecule has 0 radical (unpaired) electrons. The van der Waals surface area contributed by atoms with Gasteiger partial charge in [-0.25, -0.2) is 4.39 Å². The summed E-state index contributed by atoms with van der Waals surface area (Å²) in [6.45, 7) is 2.17. The lowest BCUT2D eigenvalue weighted by molar-refractivity contribution is 0.1000. The monoisotopic (exact) mass is 360 g/mol. The largest absolute Gasteiger partial charge is 0.365 e. The molecule has 25 heavy (non-hydrogen) atoms. The van der Waals surface area contributed by atoms with Crippen LogP contribution in [0.5, 0.6) is 0 Å². The van der Waals surface area contributed by atoms with Crippen LogP contribution in [0.15, 0.2) is 24.3 Å². The minimum atomic E-state index is -0.527. The number of anilines is 1. The van der Waals surface area contributed by atoms with Crippen LogP contribution in [0, 0.1) is 11.7 Å². The predicted molar refractivity (Wildman–Crippen MR) is 97.6 cm³/mol. The number of carbonyl (C=O) groups excluding carboxylic acids is 2. The Bertz CT molecular complexity index is 816. The highest BCUT2D eigenvalue weighted by Gasteiger charge is 2.28. The second kappa shape index (κ2) is 7.35. The molecule has 0 saturated carbocycles. The van der Waals surface area contributed by atoms with Gasteiger partial charge >= 0.3 is 0 Å². The Morgan fingerprint density at radius 3 is 2.88 bits per heavy atom.